The van der Waals surface area contributed by atoms with Crippen molar-refractivity contribution in [1.82, 2.24) is 24.6 Å². The third-order valence-corrected chi connectivity index (χ3v) is 4.02. The number of hydrogen-bond acceptors (Lipinski definition) is 5. The number of carbonyl (C=O) groups is 1. The van der Waals surface area contributed by atoms with E-state index in [0.29, 0.717) is 31.2 Å². The van der Waals surface area contributed by atoms with Gasteiger partial charge >= 0.3 is 0 Å². The molecule has 8 nitrogen and oxygen atoms in total. The summed E-state index contributed by atoms with van der Waals surface area (Å²) in [6.07, 6.45) is -0.385. The molecule has 1 aliphatic heterocycles. The summed E-state index contributed by atoms with van der Waals surface area (Å²) in [6, 6.07) is 3.37. The number of morpholine rings is 1. The predicted molar refractivity (Wildman–Crippen MR) is 86.6 cm³/mol. The molecule has 24 heavy (non-hydrogen) atoms. The summed E-state index contributed by atoms with van der Waals surface area (Å²) < 4.78 is 7.41. The third kappa shape index (κ3) is 3.53. The van der Waals surface area contributed by atoms with Gasteiger partial charge in [-0.15, -0.1) is 0 Å². The summed E-state index contributed by atoms with van der Waals surface area (Å²) in [5, 5.41) is 4.33. The van der Waals surface area contributed by atoms with Gasteiger partial charge in [-0.3, -0.25) is 14.3 Å². The topological polar surface area (TPSA) is 93.1 Å². The van der Waals surface area contributed by atoms with Crippen LogP contribution in [-0.4, -0.2) is 50.3 Å². The Bertz CT molecular complexity index is 810. The van der Waals surface area contributed by atoms with Crippen LogP contribution in [0, 0.1) is 20.8 Å². The van der Waals surface area contributed by atoms with Crippen LogP contribution in [0.5, 0.6) is 0 Å². The van der Waals surface area contributed by atoms with E-state index in [1.54, 1.807) is 16.5 Å². The second-order valence-corrected chi connectivity index (χ2v) is 6.04. The molecule has 0 aliphatic carbocycles. The first-order valence-electron chi connectivity index (χ1n) is 7.90. The Labute approximate surface area is 139 Å². The maximum Gasteiger partial charge on any atom is 0.251 e. The van der Waals surface area contributed by atoms with Crippen LogP contribution in [0.4, 0.5) is 0 Å². The molecule has 1 amide bonds. The molecular weight excluding hydrogens is 310 g/mol. The van der Waals surface area contributed by atoms with Crippen LogP contribution in [0.1, 0.15) is 29.0 Å². The van der Waals surface area contributed by atoms with E-state index in [9.17, 15) is 9.59 Å². The zero-order valence-corrected chi connectivity index (χ0v) is 14.1. The van der Waals surface area contributed by atoms with Gasteiger partial charge in [-0.1, -0.05) is 0 Å². The molecule has 0 bridgehead atoms. The molecule has 128 valence electrons. The fourth-order valence-electron chi connectivity index (χ4n) is 2.89. The van der Waals surface area contributed by atoms with Crippen LogP contribution in [0.2, 0.25) is 0 Å². The van der Waals surface area contributed by atoms with Crippen LogP contribution in [0.25, 0.3) is 0 Å². The standard InChI is InChI=1S/C16H21N5O3/c1-10-6-11(2)21(19-10)9-16(23)20-4-5-24-14(8-20)13-7-15(22)18-12(3)17-13/h6-7,14H,4-5,8-9H2,1-3H3,(H,17,18,22). The monoisotopic (exact) mass is 331 g/mol. The Balaban J connectivity index is 1.72. The number of hydrogen-bond donors (Lipinski definition) is 1. The lowest BCUT2D eigenvalue weighted by molar-refractivity contribution is -0.140. The molecule has 0 saturated carbocycles. The van der Waals surface area contributed by atoms with Gasteiger partial charge in [0, 0.05) is 18.3 Å². The first-order valence-corrected chi connectivity index (χ1v) is 7.90. The number of amides is 1. The fourth-order valence-corrected chi connectivity index (χ4v) is 2.89. The number of carbonyl (C=O) groups excluding carboxylic acids is 1. The summed E-state index contributed by atoms with van der Waals surface area (Å²) in [5.74, 6) is 0.517. The first kappa shape index (κ1) is 16.4. The smallest absolute Gasteiger partial charge is 0.251 e. The largest absolute Gasteiger partial charge is 0.368 e. The molecule has 1 atom stereocenters. The molecule has 1 saturated heterocycles. The number of aromatic nitrogens is 4. The number of rotatable bonds is 3. The van der Waals surface area contributed by atoms with Crippen molar-refractivity contribution in [2.45, 2.75) is 33.4 Å². The number of nitrogens with one attached hydrogen (secondary N) is 1. The molecule has 0 radical (unpaired) electrons. The highest BCUT2D eigenvalue weighted by Gasteiger charge is 2.27. The minimum atomic E-state index is -0.385. The number of aromatic amines is 1. The van der Waals surface area contributed by atoms with Gasteiger partial charge in [0.05, 0.1) is 24.5 Å². The molecule has 1 aliphatic rings. The lowest BCUT2D eigenvalue weighted by Crippen LogP contribution is -2.44. The van der Waals surface area contributed by atoms with E-state index in [4.69, 9.17) is 4.74 Å². The number of ether oxygens (including phenoxy) is 1. The van der Waals surface area contributed by atoms with Crippen molar-refractivity contribution < 1.29 is 9.53 Å². The first-order chi connectivity index (χ1) is 11.4. The molecule has 8 heteroatoms. The average Bonchev–Trinajstić information content (AvgIpc) is 2.84. The van der Waals surface area contributed by atoms with Gasteiger partial charge in [-0.25, -0.2) is 4.98 Å². The second-order valence-electron chi connectivity index (χ2n) is 6.04. The van der Waals surface area contributed by atoms with Gasteiger partial charge in [-0.2, -0.15) is 5.10 Å². The minimum absolute atomic E-state index is 0.0175. The van der Waals surface area contributed by atoms with E-state index in [2.05, 4.69) is 15.1 Å². The van der Waals surface area contributed by atoms with Crippen molar-refractivity contribution in [3.63, 3.8) is 0 Å². The second kappa shape index (κ2) is 6.56. The SMILES string of the molecule is Cc1cc(C)n(CC(=O)N2CCOC(c3cc(=O)[nH]c(C)n3)C2)n1. The van der Waals surface area contributed by atoms with Crippen LogP contribution in [0.3, 0.4) is 0 Å². The molecule has 2 aromatic heterocycles. The van der Waals surface area contributed by atoms with Crippen LogP contribution in [0.15, 0.2) is 16.9 Å². The van der Waals surface area contributed by atoms with Gasteiger partial charge < -0.3 is 14.6 Å². The molecule has 1 N–H and O–H groups in total. The maximum absolute atomic E-state index is 12.6. The van der Waals surface area contributed by atoms with Crippen molar-refractivity contribution in [1.29, 1.82) is 0 Å². The molecule has 1 fully saturated rings. The molecule has 0 spiro atoms. The highest BCUT2D eigenvalue weighted by atomic mass is 16.5. The van der Waals surface area contributed by atoms with E-state index in [1.165, 1.54) is 6.07 Å². The van der Waals surface area contributed by atoms with Crippen LogP contribution < -0.4 is 5.56 Å². The van der Waals surface area contributed by atoms with E-state index in [-0.39, 0.29) is 24.1 Å². The van der Waals surface area contributed by atoms with Crippen LogP contribution >= 0.6 is 0 Å². The van der Waals surface area contributed by atoms with E-state index in [1.807, 2.05) is 19.9 Å². The average molecular weight is 331 g/mol. The van der Waals surface area contributed by atoms with Crippen molar-refractivity contribution in [3.05, 3.63) is 45.4 Å². The molecule has 3 rings (SSSR count). The number of aryl methyl sites for hydroxylation is 3. The summed E-state index contributed by atoms with van der Waals surface area (Å²) >= 11 is 0. The summed E-state index contributed by atoms with van der Waals surface area (Å²) in [5.41, 5.74) is 2.19. The normalized spacial score (nSPS) is 18.0. The Morgan fingerprint density at radius 2 is 2.17 bits per heavy atom. The minimum Gasteiger partial charge on any atom is -0.368 e. The lowest BCUT2D eigenvalue weighted by atomic mass is 10.2. The molecule has 0 aromatic carbocycles. The fraction of sp³-hybridized carbons (Fsp3) is 0.500. The van der Waals surface area contributed by atoms with Gasteiger partial charge in [0.25, 0.3) is 5.56 Å². The Morgan fingerprint density at radius 1 is 1.38 bits per heavy atom. The van der Waals surface area contributed by atoms with Crippen LogP contribution in [-0.2, 0) is 16.1 Å². The van der Waals surface area contributed by atoms with Gasteiger partial charge in [0.15, 0.2) is 0 Å². The van der Waals surface area contributed by atoms with Crippen molar-refractivity contribution >= 4 is 5.91 Å². The third-order valence-electron chi connectivity index (χ3n) is 4.02. The zero-order chi connectivity index (χ0) is 17.3. The van der Waals surface area contributed by atoms with E-state index < -0.39 is 0 Å². The van der Waals surface area contributed by atoms with Crippen molar-refractivity contribution in [2.24, 2.45) is 0 Å². The Morgan fingerprint density at radius 3 is 2.83 bits per heavy atom. The number of H-pyrrole nitrogens is 1. The highest BCUT2D eigenvalue weighted by molar-refractivity contribution is 5.76. The Hall–Kier alpha value is -2.48. The van der Waals surface area contributed by atoms with E-state index >= 15 is 0 Å². The summed E-state index contributed by atoms with van der Waals surface area (Å²) in [4.78, 5) is 32.8. The van der Waals surface area contributed by atoms with Gasteiger partial charge in [-0.05, 0) is 26.8 Å². The van der Waals surface area contributed by atoms with Gasteiger partial charge in [0.1, 0.15) is 18.5 Å². The highest BCUT2D eigenvalue weighted by Crippen LogP contribution is 2.20. The van der Waals surface area contributed by atoms with Crippen molar-refractivity contribution in [3.8, 4) is 0 Å². The number of nitrogens with zero attached hydrogens (tertiary/aromatic N) is 4. The zero-order valence-electron chi connectivity index (χ0n) is 14.1. The predicted octanol–water partition coefficient (Wildman–Crippen LogP) is 0.492. The molecular formula is C16H21N5O3. The van der Waals surface area contributed by atoms with Gasteiger partial charge in [0.2, 0.25) is 5.91 Å². The summed E-state index contributed by atoms with van der Waals surface area (Å²) in [7, 11) is 0. The lowest BCUT2D eigenvalue weighted by Gasteiger charge is -2.32. The Kier molecular flexibility index (Phi) is 4.48. The summed E-state index contributed by atoms with van der Waals surface area (Å²) in [6.45, 7) is 7.08. The quantitative estimate of drug-likeness (QED) is 0.883. The maximum atomic E-state index is 12.6. The molecule has 1 unspecified atom stereocenters. The van der Waals surface area contributed by atoms with Crippen molar-refractivity contribution in [2.75, 3.05) is 19.7 Å². The van der Waals surface area contributed by atoms with E-state index in [0.717, 1.165) is 11.4 Å². The molecule has 3 heterocycles. The molecule has 2 aromatic rings.